The molecule has 1 saturated heterocycles. The van der Waals surface area contributed by atoms with Crippen molar-refractivity contribution in [3.63, 3.8) is 0 Å². The summed E-state index contributed by atoms with van der Waals surface area (Å²) in [4.78, 5) is 2.65. The van der Waals surface area contributed by atoms with Crippen LogP contribution in [0.2, 0.25) is 0 Å². The van der Waals surface area contributed by atoms with Crippen molar-refractivity contribution in [2.24, 2.45) is 11.7 Å². The molecule has 1 aromatic rings. The van der Waals surface area contributed by atoms with Crippen LogP contribution < -0.4 is 5.73 Å². The summed E-state index contributed by atoms with van der Waals surface area (Å²) in [5.41, 5.74) is 9.24. The van der Waals surface area contributed by atoms with Gasteiger partial charge in [-0.25, -0.2) is 0 Å². The number of hydrogen-bond donors (Lipinski definition) is 1. The van der Waals surface area contributed by atoms with Crippen molar-refractivity contribution in [3.05, 3.63) is 35.4 Å². The Morgan fingerprint density at radius 1 is 1.24 bits per heavy atom. The Labute approximate surface area is 130 Å². The summed E-state index contributed by atoms with van der Waals surface area (Å²) >= 11 is 0. The van der Waals surface area contributed by atoms with Crippen LogP contribution in [0.25, 0.3) is 0 Å². The van der Waals surface area contributed by atoms with Crippen molar-refractivity contribution in [1.82, 2.24) is 4.90 Å². The summed E-state index contributed by atoms with van der Waals surface area (Å²) in [6, 6.07) is 9.54. The van der Waals surface area contributed by atoms with Gasteiger partial charge in [-0.2, -0.15) is 0 Å². The summed E-state index contributed by atoms with van der Waals surface area (Å²) in [7, 11) is 0. The van der Waals surface area contributed by atoms with E-state index in [9.17, 15) is 0 Å². The van der Waals surface area contributed by atoms with Crippen molar-refractivity contribution in [2.75, 3.05) is 13.1 Å². The van der Waals surface area contributed by atoms with Crippen LogP contribution in [0, 0.1) is 12.8 Å². The average molecular weight is 288 g/mol. The van der Waals surface area contributed by atoms with Crippen LogP contribution in [0.15, 0.2) is 24.3 Å². The lowest BCUT2D eigenvalue weighted by Crippen LogP contribution is -2.41. The first-order valence-electron chi connectivity index (χ1n) is 8.71. The second kappa shape index (κ2) is 7.95. The van der Waals surface area contributed by atoms with Crippen LogP contribution in [-0.4, -0.2) is 24.0 Å². The molecule has 0 spiro atoms. The van der Waals surface area contributed by atoms with Crippen molar-refractivity contribution in [3.8, 4) is 0 Å². The molecule has 0 radical (unpaired) electrons. The fraction of sp³-hybridized carbons (Fsp3) is 0.684. The number of nitrogens with two attached hydrogens (primary N) is 1. The lowest BCUT2D eigenvalue weighted by Gasteiger charge is -2.35. The van der Waals surface area contributed by atoms with Gasteiger partial charge in [0.2, 0.25) is 0 Å². The van der Waals surface area contributed by atoms with Gasteiger partial charge in [-0.05, 0) is 57.2 Å². The van der Waals surface area contributed by atoms with Crippen molar-refractivity contribution in [2.45, 2.75) is 65.0 Å². The summed E-state index contributed by atoms with van der Waals surface area (Å²) in [6.45, 7) is 9.11. The predicted molar refractivity (Wildman–Crippen MR) is 91.4 cm³/mol. The SMILES string of the molecule is CCC1CCCN(C(c2cccc(C)c2)C(N)CC)CC1. The molecule has 1 heterocycles. The van der Waals surface area contributed by atoms with Crippen molar-refractivity contribution < 1.29 is 0 Å². The number of benzene rings is 1. The van der Waals surface area contributed by atoms with Crippen LogP contribution in [0.5, 0.6) is 0 Å². The molecule has 0 aromatic heterocycles. The van der Waals surface area contributed by atoms with Crippen LogP contribution in [0.3, 0.4) is 0 Å². The maximum absolute atomic E-state index is 6.51. The van der Waals surface area contributed by atoms with Crippen LogP contribution in [0.4, 0.5) is 0 Å². The summed E-state index contributed by atoms with van der Waals surface area (Å²) in [5.74, 6) is 0.908. The molecule has 1 aromatic carbocycles. The summed E-state index contributed by atoms with van der Waals surface area (Å²) in [5, 5.41) is 0. The number of rotatable bonds is 5. The van der Waals surface area contributed by atoms with E-state index in [-0.39, 0.29) is 6.04 Å². The Bertz CT molecular complexity index is 429. The van der Waals surface area contributed by atoms with Crippen molar-refractivity contribution in [1.29, 1.82) is 0 Å². The van der Waals surface area contributed by atoms with E-state index in [2.05, 4.69) is 49.9 Å². The van der Waals surface area contributed by atoms with E-state index >= 15 is 0 Å². The number of hydrogen-bond acceptors (Lipinski definition) is 2. The Kier molecular flexibility index (Phi) is 6.25. The summed E-state index contributed by atoms with van der Waals surface area (Å²) < 4.78 is 0. The minimum Gasteiger partial charge on any atom is -0.326 e. The molecule has 0 bridgehead atoms. The molecule has 21 heavy (non-hydrogen) atoms. The molecule has 2 heteroatoms. The Hall–Kier alpha value is -0.860. The van der Waals surface area contributed by atoms with Gasteiger partial charge in [-0.3, -0.25) is 4.90 Å². The first kappa shape index (κ1) is 16.5. The molecule has 0 amide bonds. The fourth-order valence-corrected chi connectivity index (χ4v) is 3.68. The van der Waals surface area contributed by atoms with E-state index < -0.39 is 0 Å². The van der Waals surface area contributed by atoms with Gasteiger partial charge in [0.05, 0.1) is 0 Å². The van der Waals surface area contributed by atoms with Crippen LogP contribution >= 0.6 is 0 Å². The third-order valence-electron chi connectivity index (χ3n) is 5.11. The highest BCUT2D eigenvalue weighted by atomic mass is 15.2. The highest BCUT2D eigenvalue weighted by molar-refractivity contribution is 5.26. The number of aryl methyl sites for hydroxylation is 1. The maximum Gasteiger partial charge on any atom is 0.0499 e. The Morgan fingerprint density at radius 2 is 2.05 bits per heavy atom. The second-order valence-corrected chi connectivity index (χ2v) is 6.67. The van der Waals surface area contributed by atoms with E-state index in [1.165, 1.54) is 49.9 Å². The standard InChI is InChI=1S/C19H32N2/c1-4-16-9-7-12-21(13-11-16)19(18(20)5-2)17-10-6-8-15(3)14-17/h6,8,10,14,16,18-19H,4-5,7,9,11-13,20H2,1-3H3. The molecule has 2 nitrogen and oxygen atoms in total. The summed E-state index contributed by atoms with van der Waals surface area (Å²) in [6.07, 6.45) is 6.39. The molecular formula is C19H32N2. The first-order chi connectivity index (χ1) is 10.2. The van der Waals surface area contributed by atoms with E-state index in [1.807, 2.05) is 0 Å². The highest BCUT2D eigenvalue weighted by Gasteiger charge is 2.27. The second-order valence-electron chi connectivity index (χ2n) is 6.67. The highest BCUT2D eigenvalue weighted by Crippen LogP contribution is 2.30. The zero-order valence-electron chi connectivity index (χ0n) is 14.0. The van der Waals surface area contributed by atoms with Crippen LogP contribution in [-0.2, 0) is 0 Å². The molecule has 3 atom stereocenters. The van der Waals surface area contributed by atoms with E-state index in [1.54, 1.807) is 0 Å². The molecule has 1 aliphatic rings. The topological polar surface area (TPSA) is 29.3 Å². The lowest BCUT2D eigenvalue weighted by atomic mass is 9.94. The Morgan fingerprint density at radius 3 is 2.71 bits per heavy atom. The van der Waals surface area contributed by atoms with Gasteiger partial charge >= 0.3 is 0 Å². The molecule has 0 aliphatic carbocycles. The minimum atomic E-state index is 0.227. The van der Waals surface area contributed by atoms with Gasteiger partial charge in [-0.1, -0.05) is 50.1 Å². The molecule has 1 fully saturated rings. The first-order valence-corrected chi connectivity index (χ1v) is 8.71. The molecule has 1 aliphatic heterocycles. The fourth-order valence-electron chi connectivity index (χ4n) is 3.68. The molecule has 3 unspecified atom stereocenters. The number of likely N-dealkylation sites (tertiary alicyclic amines) is 1. The molecule has 118 valence electrons. The van der Waals surface area contributed by atoms with Gasteiger partial charge in [0, 0.05) is 12.1 Å². The minimum absolute atomic E-state index is 0.227. The normalized spacial score (nSPS) is 23.5. The van der Waals surface area contributed by atoms with Gasteiger partial charge in [-0.15, -0.1) is 0 Å². The lowest BCUT2D eigenvalue weighted by molar-refractivity contribution is 0.173. The van der Waals surface area contributed by atoms with E-state index in [4.69, 9.17) is 5.73 Å². The van der Waals surface area contributed by atoms with Gasteiger partial charge < -0.3 is 5.73 Å². The van der Waals surface area contributed by atoms with Gasteiger partial charge in [0.25, 0.3) is 0 Å². The molecule has 2 rings (SSSR count). The third kappa shape index (κ3) is 4.31. The molecule has 0 saturated carbocycles. The quantitative estimate of drug-likeness (QED) is 0.876. The monoisotopic (exact) mass is 288 g/mol. The maximum atomic E-state index is 6.51. The Balaban J connectivity index is 2.20. The smallest absolute Gasteiger partial charge is 0.0499 e. The van der Waals surface area contributed by atoms with E-state index in [0.29, 0.717) is 6.04 Å². The molecular weight excluding hydrogens is 256 g/mol. The zero-order valence-corrected chi connectivity index (χ0v) is 14.0. The predicted octanol–water partition coefficient (Wildman–Crippen LogP) is 4.29. The van der Waals surface area contributed by atoms with E-state index in [0.717, 1.165) is 12.3 Å². The third-order valence-corrected chi connectivity index (χ3v) is 5.11. The van der Waals surface area contributed by atoms with Crippen molar-refractivity contribution >= 4 is 0 Å². The largest absolute Gasteiger partial charge is 0.326 e. The van der Waals surface area contributed by atoms with Crippen LogP contribution in [0.1, 0.15) is 63.1 Å². The average Bonchev–Trinajstić information content (AvgIpc) is 2.73. The molecule has 2 N–H and O–H groups in total. The zero-order chi connectivity index (χ0) is 15.2. The number of nitrogens with zero attached hydrogens (tertiary/aromatic N) is 1. The van der Waals surface area contributed by atoms with Gasteiger partial charge in [0.1, 0.15) is 0 Å². The van der Waals surface area contributed by atoms with Gasteiger partial charge in [0.15, 0.2) is 0 Å².